The third-order valence-corrected chi connectivity index (χ3v) is 6.50. The topological polar surface area (TPSA) is 24.1 Å². The molecule has 2 N–H and O–H groups in total. The van der Waals surface area contributed by atoms with E-state index < -0.39 is 4.74 Å². The fraction of sp³-hybridized carbons (Fsp3) is 1.00. The molecule has 0 unspecified atom stereocenters. The Labute approximate surface area is 108 Å². The van der Waals surface area contributed by atoms with Gasteiger partial charge in [-0.05, 0) is 17.6 Å². The summed E-state index contributed by atoms with van der Waals surface area (Å²) in [5.41, 5.74) is 0. The van der Waals surface area contributed by atoms with Crippen LogP contribution < -0.4 is 9.44 Å². The lowest BCUT2D eigenvalue weighted by Crippen LogP contribution is -2.25. The largest absolute Gasteiger partial charge is 0.254 e. The Morgan fingerprint density at radius 3 is 1.62 bits per heavy atom. The van der Waals surface area contributed by atoms with Crippen LogP contribution in [-0.2, 0) is 0 Å². The summed E-state index contributed by atoms with van der Waals surface area (Å²) in [6.07, 6.45) is 5.09. The summed E-state index contributed by atoms with van der Waals surface area (Å²) in [5.74, 6) is 0. The summed E-state index contributed by atoms with van der Waals surface area (Å²) in [6.45, 7) is 6.72. The minimum Gasteiger partial charge on any atom is -0.254 e. The molecule has 0 aromatic rings. The van der Waals surface area contributed by atoms with Crippen molar-refractivity contribution in [3.05, 3.63) is 0 Å². The Morgan fingerprint density at radius 2 is 1.31 bits per heavy atom. The zero-order valence-corrected chi connectivity index (χ0v) is 13.5. The summed E-state index contributed by atoms with van der Waals surface area (Å²) in [4.78, 5) is 0. The first-order valence-corrected chi connectivity index (χ1v) is 11.6. The van der Waals surface area contributed by atoms with Crippen molar-refractivity contribution < 1.29 is 0 Å². The first-order valence-electron chi connectivity index (χ1n) is 4.84. The van der Waals surface area contributed by atoms with E-state index in [2.05, 4.69) is 65.7 Å². The maximum atomic E-state index is 3.56. The molecule has 0 heterocycles. The van der Waals surface area contributed by atoms with Crippen molar-refractivity contribution in [1.82, 2.24) is 9.44 Å². The lowest BCUT2D eigenvalue weighted by Gasteiger charge is -2.28. The number of hydrogen-bond acceptors (Lipinski definition) is 2. The summed E-state index contributed by atoms with van der Waals surface area (Å²) in [6, 6.07) is 0. The molecule has 0 bridgehead atoms. The van der Waals surface area contributed by atoms with Crippen LogP contribution >= 0.6 is 47.2 Å². The van der Waals surface area contributed by atoms with E-state index in [1.807, 2.05) is 0 Å². The lowest BCUT2D eigenvalue weighted by atomic mass is 10.3. The van der Waals surface area contributed by atoms with Crippen LogP contribution in [-0.4, -0.2) is 13.1 Å². The summed E-state index contributed by atoms with van der Waals surface area (Å²) in [5, 5.41) is 0. The van der Waals surface area contributed by atoms with E-state index in [0.717, 1.165) is 13.1 Å². The van der Waals surface area contributed by atoms with Crippen molar-refractivity contribution in [2.24, 2.45) is 0 Å². The van der Waals surface area contributed by atoms with Crippen molar-refractivity contribution in [2.75, 3.05) is 13.1 Å². The first kappa shape index (κ1) is 14.7. The Hall–Kier alpha value is 1.73. The predicted octanol–water partition coefficient (Wildman–Crippen LogP) is 4.10. The van der Waals surface area contributed by atoms with Crippen LogP contribution in [0, 0.1) is 0 Å². The number of hydrogen-bond donors (Lipinski definition) is 2. The second kappa shape index (κ2) is 8.99. The highest BCUT2D eigenvalue weighted by Crippen LogP contribution is 2.56. The number of nitrogens with one attached hydrogen (secondary N) is 2. The molecule has 0 saturated carbocycles. The zero-order chi connectivity index (χ0) is 10.2. The maximum Gasteiger partial charge on any atom is 0.0164 e. The first-order chi connectivity index (χ1) is 6.12. The quantitative estimate of drug-likeness (QED) is 0.448. The van der Waals surface area contributed by atoms with Crippen molar-refractivity contribution >= 4 is 47.2 Å². The van der Waals surface area contributed by atoms with Crippen LogP contribution in [0.3, 0.4) is 0 Å². The highest BCUT2D eigenvalue weighted by atomic mass is 127. The predicted molar refractivity (Wildman–Crippen MR) is 81.5 cm³/mol. The molecule has 0 aliphatic rings. The molecule has 0 spiro atoms. The molecule has 0 aliphatic carbocycles. The van der Waals surface area contributed by atoms with Crippen molar-refractivity contribution in [2.45, 2.75) is 39.5 Å². The molecule has 13 heavy (non-hydrogen) atoms. The summed E-state index contributed by atoms with van der Waals surface area (Å²) >= 11 is 5.01. The van der Waals surface area contributed by atoms with Gasteiger partial charge in [-0.25, -0.2) is 0 Å². The van der Waals surface area contributed by atoms with Crippen molar-refractivity contribution in [1.29, 1.82) is 0 Å². The van der Waals surface area contributed by atoms with Gasteiger partial charge in [-0.3, -0.25) is 9.44 Å². The maximum absolute atomic E-state index is 3.56. The van der Waals surface area contributed by atoms with E-state index in [9.17, 15) is 0 Å². The normalized spacial score (nSPS) is 13.2. The van der Waals surface area contributed by atoms with Crippen LogP contribution in [0.25, 0.3) is 0 Å². The van der Waals surface area contributed by atoms with Gasteiger partial charge < -0.3 is 0 Å². The highest BCUT2D eigenvalue weighted by Gasteiger charge is 2.12. The van der Waals surface area contributed by atoms with Gasteiger partial charge in [0, 0.05) is 55.5 Å². The van der Waals surface area contributed by atoms with E-state index in [4.69, 9.17) is 0 Å². The zero-order valence-electron chi connectivity index (χ0n) is 8.41. The van der Waals surface area contributed by atoms with Crippen molar-refractivity contribution in [3.8, 4) is 0 Å². The average Bonchev–Trinajstić information content (AvgIpc) is 2.05. The summed E-state index contributed by atoms with van der Waals surface area (Å²) in [7, 11) is 0. The Bertz CT molecular complexity index is 111. The third kappa shape index (κ3) is 10.0. The smallest absolute Gasteiger partial charge is 0.0164 e. The molecule has 0 rings (SSSR count). The van der Waals surface area contributed by atoms with Crippen LogP contribution in [0.2, 0.25) is 0 Å². The van der Waals surface area contributed by atoms with Crippen LogP contribution in [0.15, 0.2) is 0 Å². The van der Waals surface area contributed by atoms with Gasteiger partial charge in [0.05, 0.1) is 0 Å². The Balaban J connectivity index is 3.42. The molecule has 0 saturated heterocycles. The van der Waals surface area contributed by atoms with Gasteiger partial charge in [0.1, 0.15) is 0 Å². The van der Waals surface area contributed by atoms with Crippen LogP contribution in [0.1, 0.15) is 39.5 Å². The molecule has 0 aliphatic heterocycles. The summed E-state index contributed by atoms with van der Waals surface area (Å²) < 4.78 is 6.34. The monoisotopic (exact) mass is 430 g/mol. The van der Waals surface area contributed by atoms with Crippen molar-refractivity contribution in [3.63, 3.8) is 0 Å². The molecule has 0 amide bonds. The van der Waals surface area contributed by atoms with E-state index in [1.165, 1.54) is 25.7 Å². The van der Waals surface area contributed by atoms with Gasteiger partial charge in [-0.1, -0.05) is 26.7 Å². The second-order valence-corrected chi connectivity index (χ2v) is 17.5. The average molecular weight is 430 g/mol. The van der Waals surface area contributed by atoms with Gasteiger partial charge in [0.2, 0.25) is 0 Å². The van der Waals surface area contributed by atoms with E-state index in [0.29, 0.717) is 0 Å². The van der Waals surface area contributed by atoms with E-state index >= 15 is 0 Å². The minimum absolute atomic E-state index is 0.786. The molecule has 5 heteroatoms. The Morgan fingerprint density at radius 1 is 0.923 bits per heavy atom. The molecular weight excluding hydrogens is 410 g/mol. The van der Waals surface area contributed by atoms with Gasteiger partial charge in [-0.15, -0.1) is 0 Å². The fourth-order valence-electron chi connectivity index (χ4n) is 0.805. The molecule has 0 radical (unpaired) electrons. The van der Waals surface area contributed by atoms with E-state index in [1.54, 1.807) is 0 Å². The molecule has 0 fully saturated rings. The highest BCUT2D eigenvalue weighted by molar-refractivity contribution is 14.3. The van der Waals surface area contributed by atoms with Gasteiger partial charge in [-0.2, -0.15) is 0 Å². The van der Waals surface area contributed by atoms with Crippen LogP contribution in [0.5, 0.6) is 0 Å². The van der Waals surface area contributed by atoms with Crippen LogP contribution in [0.4, 0.5) is 0 Å². The fourth-order valence-corrected chi connectivity index (χ4v) is 4.35. The molecule has 2 nitrogen and oxygen atoms in total. The number of halogens is 2. The molecule has 0 atom stereocenters. The second-order valence-electron chi connectivity index (χ2n) is 2.96. The molecular formula is C8H20I2N2S. The van der Waals surface area contributed by atoms with Gasteiger partial charge in [0.15, 0.2) is 0 Å². The lowest BCUT2D eigenvalue weighted by molar-refractivity contribution is 0.754. The van der Waals surface area contributed by atoms with Gasteiger partial charge in [0.25, 0.3) is 0 Å². The van der Waals surface area contributed by atoms with E-state index in [-0.39, 0.29) is 0 Å². The number of unbranched alkanes of at least 4 members (excludes halogenated alkanes) is 2. The molecule has 82 valence electrons. The standard InChI is InChI=1S/C8H20I2N2S/c1-3-5-7-11-13(9,10)12-8-6-4-2/h11-12H,3-8H2,1-2H3. The number of rotatable bonds is 8. The molecule has 0 aromatic heterocycles. The Kier molecular flexibility index (Phi) is 10.2. The SMILES string of the molecule is CCCCNS(I)(I)NCCCC. The molecule has 0 aromatic carbocycles. The minimum atomic E-state index is -0.786. The van der Waals surface area contributed by atoms with Gasteiger partial charge >= 0.3 is 0 Å². The third-order valence-electron chi connectivity index (χ3n) is 1.63.